The lowest BCUT2D eigenvalue weighted by molar-refractivity contribution is -0.121. The normalized spacial score (nSPS) is 15.7. The Balaban J connectivity index is 1.38. The molecule has 2 aromatic rings. The molecule has 1 aliphatic rings. The minimum Gasteiger partial charge on any atom is -0.352 e. The molecular formula is C20H21BrFN3O3S. The van der Waals surface area contributed by atoms with Crippen LogP contribution in [-0.4, -0.2) is 26.7 Å². The summed E-state index contributed by atoms with van der Waals surface area (Å²) in [5.74, 6) is -0.112. The minimum absolute atomic E-state index is 0.131. The maximum atomic E-state index is 13.7. The number of amides is 1. The number of nitrogens with one attached hydrogen (secondary N) is 2. The minimum atomic E-state index is -3.51. The second kappa shape index (κ2) is 9.49. The molecule has 0 atom stereocenters. The first-order valence-electron chi connectivity index (χ1n) is 9.24. The first kappa shape index (κ1) is 21.4. The third-order valence-electron chi connectivity index (χ3n) is 4.48. The number of hydrogen-bond acceptors (Lipinski definition) is 4. The Hall–Kier alpha value is -2.26. The van der Waals surface area contributed by atoms with E-state index in [4.69, 9.17) is 0 Å². The van der Waals surface area contributed by atoms with Crippen LogP contribution in [-0.2, 0) is 21.4 Å². The summed E-state index contributed by atoms with van der Waals surface area (Å²) in [6, 6.07) is 11.3. The molecule has 1 heterocycles. The van der Waals surface area contributed by atoms with Gasteiger partial charge in [0.2, 0.25) is 5.91 Å². The van der Waals surface area contributed by atoms with E-state index in [2.05, 4.69) is 31.0 Å². The third-order valence-corrected chi connectivity index (χ3v) is 6.37. The summed E-state index contributed by atoms with van der Waals surface area (Å²) in [6.07, 6.45) is 2.55. The summed E-state index contributed by atoms with van der Waals surface area (Å²) in [5, 5.41) is 2.72. The van der Waals surface area contributed by atoms with Gasteiger partial charge < -0.3 is 5.32 Å². The van der Waals surface area contributed by atoms with E-state index in [-0.39, 0.29) is 23.2 Å². The first-order chi connectivity index (χ1) is 13.9. The quantitative estimate of drug-likeness (QED) is 0.565. The van der Waals surface area contributed by atoms with Crippen molar-refractivity contribution in [1.82, 2.24) is 10.0 Å². The predicted octanol–water partition coefficient (Wildman–Crippen LogP) is 3.50. The van der Waals surface area contributed by atoms with E-state index in [0.29, 0.717) is 36.3 Å². The predicted molar refractivity (Wildman–Crippen MR) is 113 cm³/mol. The molecule has 1 aliphatic heterocycles. The van der Waals surface area contributed by atoms with Gasteiger partial charge in [-0.05, 0) is 43.2 Å². The van der Waals surface area contributed by atoms with Crippen LogP contribution in [0.25, 0.3) is 0 Å². The lowest BCUT2D eigenvalue weighted by atomic mass is 10.1. The largest absolute Gasteiger partial charge is 0.352 e. The maximum Gasteiger partial charge on any atom is 0.263 e. The number of unbranched alkanes of at least 4 members (excludes halogenated alkanes) is 2. The zero-order valence-corrected chi connectivity index (χ0v) is 18.0. The van der Waals surface area contributed by atoms with Crippen LogP contribution in [0, 0.1) is 5.82 Å². The maximum absolute atomic E-state index is 13.7. The van der Waals surface area contributed by atoms with Crippen molar-refractivity contribution in [3.63, 3.8) is 0 Å². The molecule has 0 saturated carbocycles. The lowest BCUT2D eigenvalue weighted by Crippen LogP contribution is -2.23. The molecule has 0 bridgehead atoms. The number of carbonyl (C=O) groups excluding carboxylic acids is 1. The van der Waals surface area contributed by atoms with Crippen molar-refractivity contribution in [3.05, 3.63) is 63.9 Å². The molecule has 2 aromatic carbocycles. The Morgan fingerprint density at radius 2 is 1.93 bits per heavy atom. The molecule has 9 heteroatoms. The second-order valence-corrected chi connectivity index (χ2v) is 9.22. The topological polar surface area (TPSA) is 87.6 Å². The van der Waals surface area contributed by atoms with Crippen LogP contribution in [0.1, 0.15) is 36.8 Å². The molecule has 1 amide bonds. The van der Waals surface area contributed by atoms with Crippen molar-refractivity contribution in [3.8, 4) is 0 Å². The lowest BCUT2D eigenvalue weighted by Gasteiger charge is -2.07. The number of amidine groups is 1. The van der Waals surface area contributed by atoms with Gasteiger partial charge in [-0.2, -0.15) is 0 Å². The first-order valence-corrected chi connectivity index (χ1v) is 11.5. The van der Waals surface area contributed by atoms with Crippen LogP contribution in [0.5, 0.6) is 0 Å². The molecule has 3 rings (SSSR count). The highest BCUT2D eigenvalue weighted by Crippen LogP contribution is 2.22. The molecule has 0 aromatic heterocycles. The molecule has 2 N–H and O–H groups in total. The standard InChI is InChI=1S/C20H21BrFN3O3S/c21-15-9-10-17(22)14(12-15)13-24-19(26)8-2-1-5-11-23-20-16-6-3-4-7-18(16)29(27,28)25-20/h3-4,6-7,9-10,12H,1-2,5,8,11,13H2,(H,23,25)(H,24,26). The summed E-state index contributed by atoms with van der Waals surface area (Å²) in [6.45, 7) is 0.619. The van der Waals surface area contributed by atoms with Gasteiger partial charge in [-0.3, -0.25) is 14.5 Å². The van der Waals surface area contributed by atoms with Crippen molar-refractivity contribution in [2.75, 3.05) is 6.54 Å². The van der Waals surface area contributed by atoms with Gasteiger partial charge in [0, 0.05) is 35.1 Å². The van der Waals surface area contributed by atoms with E-state index in [1.807, 2.05) is 0 Å². The number of rotatable bonds is 8. The van der Waals surface area contributed by atoms with Gasteiger partial charge in [-0.1, -0.05) is 34.5 Å². The SMILES string of the molecule is O=C(CCCCCN=C1NS(=O)(=O)c2ccccc21)NCc1cc(Br)ccc1F. The van der Waals surface area contributed by atoms with Gasteiger partial charge in [0.05, 0.1) is 4.90 Å². The average Bonchev–Trinajstić information content (AvgIpc) is 2.96. The molecule has 0 fully saturated rings. The molecular weight excluding hydrogens is 461 g/mol. The van der Waals surface area contributed by atoms with Crippen LogP contribution >= 0.6 is 15.9 Å². The summed E-state index contributed by atoms with van der Waals surface area (Å²) < 4.78 is 40.9. The van der Waals surface area contributed by atoms with Crippen molar-refractivity contribution in [2.45, 2.75) is 37.1 Å². The van der Waals surface area contributed by atoms with E-state index >= 15 is 0 Å². The summed E-state index contributed by atoms with van der Waals surface area (Å²) in [4.78, 5) is 16.5. The van der Waals surface area contributed by atoms with E-state index < -0.39 is 10.0 Å². The Bertz CT molecular complexity index is 1040. The number of halogens is 2. The van der Waals surface area contributed by atoms with E-state index in [0.717, 1.165) is 17.3 Å². The van der Waals surface area contributed by atoms with Crippen molar-refractivity contribution < 1.29 is 17.6 Å². The fourth-order valence-corrected chi connectivity index (χ4v) is 4.64. The number of aliphatic imine (C=N–C) groups is 1. The van der Waals surface area contributed by atoms with Crippen molar-refractivity contribution in [1.29, 1.82) is 0 Å². The van der Waals surface area contributed by atoms with Crippen molar-refractivity contribution >= 4 is 37.7 Å². The smallest absolute Gasteiger partial charge is 0.263 e. The summed E-state index contributed by atoms with van der Waals surface area (Å²) in [5.41, 5.74) is 1.02. The van der Waals surface area contributed by atoms with Gasteiger partial charge in [0.25, 0.3) is 10.0 Å². The molecule has 0 radical (unpaired) electrons. The number of benzene rings is 2. The number of carbonyl (C=O) groups is 1. The Morgan fingerprint density at radius 1 is 1.14 bits per heavy atom. The highest BCUT2D eigenvalue weighted by molar-refractivity contribution is 9.10. The van der Waals surface area contributed by atoms with Crippen LogP contribution in [0.4, 0.5) is 4.39 Å². The molecule has 0 spiro atoms. The number of nitrogens with zero attached hydrogens (tertiary/aromatic N) is 1. The van der Waals surface area contributed by atoms with Crippen LogP contribution in [0.2, 0.25) is 0 Å². The zero-order chi connectivity index (χ0) is 20.9. The van der Waals surface area contributed by atoms with E-state index in [9.17, 15) is 17.6 Å². The fraction of sp³-hybridized carbons (Fsp3) is 0.300. The highest BCUT2D eigenvalue weighted by Gasteiger charge is 2.29. The average molecular weight is 482 g/mol. The van der Waals surface area contributed by atoms with Gasteiger partial charge >= 0.3 is 0 Å². The molecule has 29 heavy (non-hydrogen) atoms. The molecule has 0 unspecified atom stereocenters. The van der Waals surface area contributed by atoms with Gasteiger partial charge in [0.1, 0.15) is 11.7 Å². The highest BCUT2D eigenvalue weighted by atomic mass is 79.9. The summed E-state index contributed by atoms with van der Waals surface area (Å²) >= 11 is 3.28. The van der Waals surface area contributed by atoms with Gasteiger partial charge in [-0.15, -0.1) is 0 Å². The molecule has 0 saturated heterocycles. The molecule has 0 aliphatic carbocycles. The van der Waals surface area contributed by atoms with Gasteiger partial charge in [0.15, 0.2) is 0 Å². The Kier molecular flexibility index (Phi) is 7.02. The fourth-order valence-electron chi connectivity index (χ4n) is 2.98. The van der Waals surface area contributed by atoms with Gasteiger partial charge in [-0.25, -0.2) is 12.8 Å². The second-order valence-electron chi connectivity index (χ2n) is 6.66. The molecule has 154 valence electrons. The third kappa shape index (κ3) is 5.63. The van der Waals surface area contributed by atoms with Crippen LogP contribution in [0.3, 0.4) is 0 Å². The molecule has 6 nitrogen and oxygen atoms in total. The Labute approximate surface area is 177 Å². The van der Waals surface area contributed by atoms with Crippen molar-refractivity contribution in [2.24, 2.45) is 4.99 Å². The van der Waals surface area contributed by atoms with E-state index in [1.54, 1.807) is 36.4 Å². The van der Waals surface area contributed by atoms with Crippen LogP contribution in [0.15, 0.2) is 56.8 Å². The number of sulfonamides is 1. The zero-order valence-electron chi connectivity index (χ0n) is 15.6. The van der Waals surface area contributed by atoms with E-state index in [1.165, 1.54) is 6.07 Å². The monoisotopic (exact) mass is 481 g/mol. The Morgan fingerprint density at radius 3 is 2.76 bits per heavy atom. The summed E-state index contributed by atoms with van der Waals surface area (Å²) in [7, 11) is -3.51. The number of hydrogen-bond donors (Lipinski definition) is 2. The number of fused-ring (bicyclic) bond motifs is 1. The van der Waals surface area contributed by atoms with Crippen LogP contribution < -0.4 is 10.0 Å².